The Morgan fingerprint density at radius 1 is 1.33 bits per heavy atom. The van der Waals surface area contributed by atoms with Gasteiger partial charge >= 0.3 is 0 Å². The van der Waals surface area contributed by atoms with Crippen LogP contribution >= 0.6 is 0 Å². The van der Waals surface area contributed by atoms with Gasteiger partial charge in [0.2, 0.25) is 5.88 Å². The van der Waals surface area contributed by atoms with Crippen LogP contribution in [-0.2, 0) is 9.47 Å². The maximum absolute atomic E-state index is 12.2. The van der Waals surface area contributed by atoms with E-state index in [1.165, 1.54) is 0 Å². The molecule has 3 rings (SSSR count). The molecule has 0 aliphatic carbocycles. The molecule has 2 aliphatic rings. The number of carbonyl (C=O) groups excluding carboxylic acids is 1. The molecule has 6 heteroatoms. The third-order valence-electron chi connectivity index (χ3n) is 3.72. The third-order valence-corrected chi connectivity index (χ3v) is 3.72. The van der Waals surface area contributed by atoms with E-state index in [-0.39, 0.29) is 12.0 Å². The molecule has 0 aromatic carbocycles. The first-order valence-electron chi connectivity index (χ1n) is 7.40. The monoisotopic (exact) mass is 292 g/mol. The van der Waals surface area contributed by atoms with E-state index < -0.39 is 0 Å². The maximum atomic E-state index is 12.2. The first-order valence-corrected chi connectivity index (χ1v) is 7.40. The third kappa shape index (κ3) is 3.71. The molecular formula is C15H20N2O4. The van der Waals surface area contributed by atoms with E-state index >= 15 is 0 Å². The van der Waals surface area contributed by atoms with Gasteiger partial charge in [0, 0.05) is 32.0 Å². The van der Waals surface area contributed by atoms with Crippen LogP contribution < -0.4 is 4.74 Å². The van der Waals surface area contributed by atoms with Gasteiger partial charge in [-0.3, -0.25) is 4.79 Å². The lowest BCUT2D eigenvalue weighted by Crippen LogP contribution is -2.40. The number of nitrogens with zero attached hydrogens (tertiary/aromatic N) is 2. The number of hydrogen-bond acceptors (Lipinski definition) is 5. The van der Waals surface area contributed by atoms with E-state index in [4.69, 9.17) is 14.2 Å². The standard InChI is InChI=1S/C15H20N2O4/c18-15(17-5-8-19-9-6-17)12-3-4-14(16-10-12)21-11-13-2-1-7-20-13/h3-4,10,13H,1-2,5-9,11H2/t13-/m1/s1. The number of aromatic nitrogens is 1. The van der Waals surface area contributed by atoms with Crippen LogP contribution in [0.1, 0.15) is 23.2 Å². The Kier molecular flexibility index (Phi) is 4.67. The van der Waals surface area contributed by atoms with Crippen molar-refractivity contribution in [2.75, 3.05) is 39.5 Å². The zero-order valence-electron chi connectivity index (χ0n) is 12.0. The fourth-order valence-corrected chi connectivity index (χ4v) is 2.50. The molecule has 2 aliphatic heterocycles. The molecule has 1 aromatic heterocycles. The van der Waals surface area contributed by atoms with E-state index in [2.05, 4.69) is 4.98 Å². The molecule has 1 aromatic rings. The van der Waals surface area contributed by atoms with Crippen LogP contribution in [0.15, 0.2) is 18.3 Å². The van der Waals surface area contributed by atoms with Crippen molar-refractivity contribution < 1.29 is 19.0 Å². The molecule has 21 heavy (non-hydrogen) atoms. The molecule has 0 unspecified atom stereocenters. The minimum Gasteiger partial charge on any atom is -0.475 e. The zero-order valence-corrected chi connectivity index (χ0v) is 12.0. The van der Waals surface area contributed by atoms with Crippen molar-refractivity contribution in [1.29, 1.82) is 0 Å². The largest absolute Gasteiger partial charge is 0.475 e. The van der Waals surface area contributed by atoms with Gasteiger partial charge in [0.1, 0.15) is 6.61 Å². The van der Waals surface area contributed by atoms with Crippen LogP contribution in [0.4, 0.5) is 0 Å². The second-order valence-corrected chi connectivity index (χ2v) is 5.24. The van der Waals surface area contributed by atoms with Crippen LogP contribution in [0.3, 0.4) is 0 Å². The van der Waals surface area contributed by atoms with Crippen LogP contribution in [0.5, 0.6) is 5.88 Å². The number of ether oxygens (including phenoxy) is 3. The molecule has 0 radical (unpaired) electrons. The van der Waals surface area contributed by atoms with Crippen molar-refractivity contribution in [2.24, 2.45) is 0 Å². The van der Waals surface area contributed by atoms with Gasteiger partial charge in [-0.15, -0.1) is 0 Å². The van der Waals surface area contributed by atoms with Crippen LogP contribution in [0.25, 0.3) is 0 Å². The number of carbonyl (C=O) groups is 1. The average molecular weight is 292 g/mol. The predicted molar refractivity (Wildman–Crippen MR) is 75.4 cm³/mol. The van der Waals surface area contributed by atoms with Crippen LogP contribution in [0, 0.1) is 0 Å². The molecule has 0 saturated carbocycles. The topological polar surface area (TPSA) is 60.9 Å². The summed E-state index contributed by atoms with van der Waals surface area (Å²) in [5.74, 6) is 0.528. The highest BCUT2D eigenvalue weighted by atomic mass is 16.5. The number of morpholine rings is 1. The average Bonchev–Trinajstić information content (AvgIpc) is 3.07. The Morgan fingerprint density at radius 2 is 2.19 bits per heavy atom. The summed E-state index contributed by atoms with van der Waals surface area (Å²) in [6.45, 7) is 3.80. The molecule has 0 spiro atoms. The Balaban J connectivity index is 1.54. The molecule has 1 atom stereocenters. The summed E-state index contributed by atoms with van der Waals surface area (Å²) >= 11 is 0. The maximum Gasteiger partial charge on any atom is 0.255 e. The first kappa shape index (κ1) is 14.3. The smallest absolute Gasteiger partial charge is 0.255 e. The van der Waals surface area contributed by atoms with Crippen molar-refractivity contribution in [2.45, 2.75) is 18.9 Å². The summed E-state index contributed by atoms with van der Waals surface area (Å²) in [6, 6.07) is 3.50. The van der Waals surface area contributed by atoms with Gasteiger partial charge in [-0.1, -0.05) is 0 Å². The summed E-state index contributed by atoms with van der Waals surface area (Å²) in [5, 5.41) is 0. The number of pyridine rings is 1. The van der Waals surface area contributed by atoms with Gasteiger partial charge in [0.05, 0.1) is 24.9 Å². The first-order chi connectivity index (χ1) is 10.3. The van der Waals surface area contributed by atoms with E-state index in [0.29, 0.717) is 44.4 Å². The van der Waals surface area contributed by atoms with E-state index in [1.54, 1.807) is 23.2 Å². The van der Waals surface area contributed by atoms with Gasteiger partial charge in [-0.2, -0.15) is 0 Å². The fourth-order valence-electron chi connectivity index (χ4n) is 2.50. The van der Waals surface area contributed by atoms with Crippen molar-refractivity contribution in [3.8, 4) is 5.88 Å². The van der Waals surface area contributed by atoms with Crippen molar-refractivity contribution in [1.82, 2.24) is 9.88 Å². The number of rotatable bonds is 4. The van der Waals surface area contributed by atoms with E-state index in [1.807, 2.05) is 0 Å². The highest BCUT2D eigenvalue weighted by Gasteiger charge is 2.19. The van der Waals surface area contributed by atoms with Gasteiger partial charge in [0.15, 0.2) is 0 Å². The number of hydrogen-bond donors (Lipinski definition) is 0. The molecular weight excluding hydrogens is 272 g/mol. The molecule has 6 nitrogen and oxygen atoms in total. The highest BCUT2D eigenvalue weighted by molar-refractivity contribution is 5.94. The van der Waals surface area contributed by atoms with E-state index in [9.17, 15) is 4.79 Å². The minimum atomic E-state index is -0.00326. The Hall–Kier alpha value is -1.66. The minimum absolute atomic E-state index is 0.00326. The summed E-state index contributed by atoms with van der Waals surface area (Å²) in [4.78, 5) is 18.2. The lowest BCUT2D eigenvalue weighted by Gasteiger charge is -2.26. The Morgan fingerprint density at radius 3 is 2.86 bits per heavy atom. The quantitative estimate of drug-likeness (QED) is 0.832. The molecule has 0 N–H and O–H groups in total. The lowest BCUT2D eigenvalue weighted by molar-refractivity contribution is 0.0302. The van der Waals surface area contributed by atoms with Crippen LogP contribution in [0.2, 0.25) is 0 Å². The SMILES string of the molecule is O=C(c1ccc(OC[C@H]2CCCO2)nc1)N1CCOCC1. The van der Waals surface area contributed by atoms with Crippen molar-refractivity contribution >= 4 is 5.91 Å². The molecule has 114 valence electrons. The Labute approximate surface area is 124 Å². The summed E-state index contributed by atoms with van der Waals surface area (Å²) in [6.07, 6.45) is 3.87. The fraction of sp³-hybridized carbons (Fsp3) is 0.600. The van der Waals surface area contributed by atoms with Gasteiger partial charge < -0.3 is 19.1 Å². The summed E-state index contributed by atoms with van der Waals surface area (Å²) in [7, 11) is 0. The van der Waals surface area contributed by atoms with Gasteiger partial charge in [-0.05, 0) is 18.9 Å². The molecule has 2 fully saturated rings. The molecule has 0 bridgehead atoms. The summed E-state index contributed by atoms with van der Waals surface area (Å²) in [5.41, 5.74) is 0.585. The molecule has 1 amide bonds. The predicted octanol–water partition coefficient (Wildman–Crippen LogP) is 1.11. The Bertz CT molecular complexity index is 465. The second-order valence-electron chi connectivity index (χ2n) is 5.24. The molecule has 3 heterocycles. The zero-order chi connectivity index (χ0) is 14.5. The van der Waals surface area contributed by atoms with Crippen LogP contribution in [-0.4, -0.2) is 61.4 Å². The number of amides is 1. The highest BCUT2D eigenvalue weighted by Crippen LogP contribution is 2.15. The van der Waals surface area contributed by atoms with Gasteiger partial charge in [0.25, 0.3) is 5.91 Å². The van der Waals surface area contributed by atoms with E-state index in [0.717, 1.165) is 19.4 Å². The lowest BCUT2D eigenvalue weighted by atomic mass is 10.2. The van der Waals surface area contributed by atoms with Gasteiger partial charge in [-0.25, -0.2) is 4.98 Å². The summed E-state index contributed by atoms with van der Waals surface area (Å²) < 4.78 is 16.3. The van der Waals surface area contributed by atoms with Crippen molar-refractivity contribution in [3.05, 3.63) is 23.9 Å². The molecule has 2 saturated heterocycles. The normalized spacial score (nSPS) is 22.3. The van der Waals surface area contributed by atoms with Crippen molar-refractivity contribution in [3.63, 3.8) is 0 Å². The second kappa shape index (κ2) is 6.87.